The molecule has 15 heteroatoms. The van der Waals surface area contributed by atoms with Gasteiger partial charge in [-0.15, -0.1) is 0 Å². The lowest BCUT2D eigenvalue weighted by molar-refractivity contribution is -0.152. The van der Waals surface area contributed by atoms with Crippen molar-refractivity contribution in [1.29, 1.82) is 0 Å². The van der Waals surface area contributed by atoms with E-state index < -0.39 is 67.6 Å². The molecule has 202 valence electrons. The third kappa shape index (κ3) is 12.2. The van der Waals surface area contributed by atoms with Crippen LogP contribution in [0.15, 0.2) is 29.3 Å². The van der Waals surface area contributed by atoms with E-state index >= 15 is 0 Å². The lowest BCUT2D eigenvalue weighted by Gasteiger charge is -2.35. The van der Waals surface area contributed by atoms with Gasteiger partial charge in [-0.2, -0.15) is 4.99 Å². The molecular formula is C22H28N4O10S. The number of thiocarbonyl (C=S) groups is 1. The molecule has 0 aliphatic carbocycles. The molecule has 37 heavy (non-hydrogen) atoms. The molecule has 0 fully saturated rings. The van der Waals surface area contributed by atoms with E-state index in [0.29, 0.717) is 11.3 Å². The molecule has 6 N–H and O–H groups in total. The van der Waals surface area contributed by atoms with E-state index in [-0.39, 0.29) is 19.5 Å². The summed E-state index contributed by atoms with van der Waals surface area (Å²) in [5.41, 5.74) is 1.19. The van der Waals surface area contributed by atoms with Crippen LogP contribution < -0.4 is 5.32 Å². The van der Waals surface area contributed by atoms with Crippen molar-refractivity contribution in [3.63, 3.8) is 0 Å². The number of isothiocyanates is 1. The van der Waals surface area contributed by atoms with Gasteiger partial charge in [0.1, 0.15) is 0 Å². The maximum atomic E-state index is 11.5. The lowest BCUT2D eigenvalue weighted by Crippen LogP contribution is -2.54. The molecule has 2 atom stereocenters. The summed E-state index contributed by atoms with van der Waals surface area (Å²) in [6.07, 6.45) is 0.132. The van der Waals surface area contributed by atoms with Crippen LogP contribution in [0.3, 0.4) is 0 Å². The first-order chi connectivity index (χ1) is 17.3. The number of aliphatic imine (C=N–C) groups is 1. The summed E-state index contributed by atoms with van der Waals surface area (Å²) in [6.45, 7) is -0.619. The Kier molecular flexibility index (Phi) is 13.0. The van der Waals surface area contributed by atoms with Crippen LogP contribution in [0.5, 0.6) is 0 Å². The smallest absolute Gasteiger partial charge is 0.332 e. The van der Waals surface area contributed by atoms with Gasteiger partial charge in [0, 0.05) is 25.2 Å². The Bertz CT molecular complexity index is 999. The molecule has 0 aromatic heterocycles. The van der Waals surface area contributed by atoms with Crippen LogP contribution in [0.1, 0.15) is 12.5 Å². The van der Waals surface area contributed by atoms with Crippen molar-refractivity contribution in [2.75, 3.05) is 32.7 Å². The lowest BCUT2D eigenvalue weighted by atomic mass is 10.0. The Balaban J connectivity index is 3.26. The van der Waals surface area contributed by atoms with E-state index in [1.54, 1.807) is 24.3 Å². The van der Waals surface area contributed by atoms with Crippen LogP contribution in [-0.2, 0) is 30.4 Å². The van der Waals surface area contributed by atoms with Gasteiger partial charge in [0.05, 0.1) is 30.5 Å². The van der Waals surface area contributed by atoms with Crippen molar-refractivity contribution in [3.05, 3.63) is 29.8 Å². The van der Waals surface area contributed by atoms with Gasteiger partial charge in [0.25, 0.3) is 0 Å². The number of aliphatic carboxylic acids is 5. The molecule has 1 rings (SSSR count). The third-order valence-electron chi connectivity index (χ3n) is 5.08. The number of carbonyl (C=O) groups is 5. The van der Waals surface area contributed by atoms with E-state index in [4.69, 9.17) is 10.2 Å². The molecular weight excluding hydrogens is 512 g/mol. The number of hydrogen-bond donors (Lipinski definition) is 6. The van der Waals surface area contributed by atoms with E-state index in [1.165, 1.54) is 16.7 Å². The summed E-state index contributed by atoms with van der Waals surface area (Å²) in [5.74, 6) is -7.08. The summed E-state index contributed by atoms with van der Waals surface area (Å²) in [6, 6.07) is 3.07. The van der Waals surface area contributed by atoms with Crippen LogP contribution in [-0.4, -0.2) is 121 Å². The number of nitrogens with one attached hydrogen (secondary N) is 1. The highest BCUT2D eigenvalue weighted by atomic mass is 32.1. The van der Waals surface area contributed by atoms with Crippen molar-refractivity contribution in [1.82, 2.24) is 15.1 Å². The van der Waals surface area contributed by atoms with Crippen LogP contribution >= 0.6 is 12.2 Å². The molecule has 0 aliphatic heterocycles. The molecule has 0 spiro atoms. The van der Waals surface area contributed by atoms with Crippen molar-refractivity contribution < 1.29 is 49.5 Å². The topological polar surface area (TPSA) is 217 Å². The molecule has 0 amide bonds. The predicted molar refractivity (Wildman–Crippen MR) is 131 cm³/mol. The molecule has 0 aliphatic rings. The first-order valence-corrected chi connectivity index (χ1v) is 11.2. The molecule has 0 heterocycles. The maximum absolute atomic E-state index is 11.5. The quantitative estimate of drug-likeness (QED) is 0.0801. The van der Waals surface area contributed by atoms with Gasteiger partial charge in [0.2, 0.25) is 6.04 Å². The zero-order valence-corrected chi connectivity index (χ0v) is 20.6. The third-order valence-corrected chi connectivity index (χ3v) is 5.17. The maximum Gasteiger partial charge on any atom is 0.332 e. The standard InChI is InChI=1S/C22H28N4O10S/c1-13(24-20(21(33)34)22(35)36)7-25(9-17(27)28)8-16(26(10-18(29)30)11-19(31)32)6-14-2-4-15(5-3-14)23-12-37/h2-5,13,16,20,24H,6-11H2,1H3,(H,27,28)(H,29,30)(H,31,32)(H,33,34)(H,35,36)/t13-,16-/m1/s1. The first-order valence-electron chi connectivity index (χ1n) is 10.8. The molecule has 14 nitrogen and oxygen atoms in total. The molecule has 0 saturated heterocycles. The van der Waals surface area contributed by atoms with E-state index in [0.717, 1.165) is 0 Å². The summed E-state index contributed by atoms with van der Waals surface area (Å²) in [7, 11) is 0. The predicted octanol–water partition coefficient (Wildman–Crippen LogP) is -0.294. The monoisotopic (exact) mass is 540 g/mol. The number of benzene rings is 1. The molecule has 0 bridgehead atoms. The fraction of sp³-hybridized carbons (Fsp3) is 0.455. The molecule has 0 radical (unpaired) electrons. The number of nitrogens with zero attached hydrogens (tertiary/aromatic N) is 3. The van der Waals surface area contributed by atoms with Gasteiger partial charge in [-0.3, -0.25) is 29.5 Å². The Morgan fingerprint density at radius 2 is 1.41 bits per heavy atom. The highest BCUT2D eigenvalue weighted by molar-refractivity contribution is 7.78. The van der Waals surface area contributed by atoms with Gasteiger partial charge in [-0.25, -0.2) is 9.59 Å². The largest absolute Gasteiger partial charge is 0.480 e. The Labute approximate surface area is 216 Å². The number of hydrogen-bond acceptors (Lipinski definition) is 10. The average Bonchev–Trinajstić information content (AvgIpc) is 2.76. The van der Waals surface area contributed by atoms with Gasteiger partial charge in [0.15, 0.2) is 0 Å². The summed E-state index contributed by atoms with van der Waals surface area (Å²) in [4.78, 5) is 63.2. The van der Waals surface area contributed by atoms with Crippen LogP contribution in [0, 0.1) is 0 Å². The fourth-order valence-electron chi connectivity index (χ4n) is 3.67. The Morgan fingerprint density at radius 3 is 1.84 bits per heavy atom. The van der Waals surface area contributed by atoms with E-state index in [9.17, 15) is 39.3 Å². The number of carboxylic acids is 5. The highest BCUT2D eigenvalue weighted by Crippen LogP contribution is 2.16. The number of carboxylic acid groups (broad SMARTS) is 5. The second-order valence-electron chi connectivity index (χ2n) is 8.18. The average molecular weight is 541 g/mol. The van der Waals surface area contributed by atoms with Crippen molar-refractivity contribution >= 4 is 52.9 Å². The highest BCUT2D eigenvalue weighted by Gasteiger charge is 2.30. The SMILES string of the molecule is C[C@H](CN(CC(=O)O)C[C@@H](Cc1ccc(N=C=S)cc1)N(CC(=O)O)CC(=O)O)NC(C(=O)O)C(=O)O. The normalized spacial score (nSPS) is 12.6. The molecule has 1 aromatic rings. The summed E-state index contributed by atoms with van der Waals surface area (Å²) < 4.78 is 0. The van der Waals surface area contributed by atoms with Crippen molar-refractivity contribution in [2.45, 2.75) is 31.5 Å². The summed E-state index contributed by atoms with van der Waals surface area (Å²) >= 11 is 4.56. The van der Waals surface area contributed by atoms with Crippen molar-refractivity contribution in [2.24, 2.45) is 4.99 Å². The van der Waals surface area contributed by atoms with E-state index in [2.05, 4.69) is 27.7 Å². The Hall–Kier alpha value is -3.75. The minimum Gasteiger partial charge on any atom is -0.480 e. The Morgan fingerprint density at radius 1 is 0.892 bits per heavy atom. The second kappa shape index (κ2) is 15.4. The van der Waals surface area contributed by atoms with Crippen molar-refractivity contribution in [3.8, 4) is 0 Å². The number of rotatable bonds is 18. The first kappa shape index (κ1) is 31.3. The molecule has 0 saturated carbocycles. The zero-order chi connectivity index (χ0) is 28.1. The minimum atomic E-state index is -1.93. The van der Waals surface area contributed by atoms with Gasteiger partial charge < -0.3 is 25.5 Å². The second-order valence-corrected chi connectivity index (χ2v) is 8.37. The zero-order valence-electron chi connectivity index (χ0n) is 19.8. The van der Waals surface area contributed by atoms with Gasteiger partial charge >= 0.3 is 29.8 Å². The molecule has 1 aromatic carbocycles. The fourth-order valence-corrected chi connectivity index (χ4v) is 3.77. The van der Waals surface area contributed by atoms with Crippen LogP contribution in [0.2, 0.25) is 0 Å². The van der Waals surface area contributed by atoms with Crippen LogP contribution in [0.4, 0.5) is 5.69 Å². The van der Waals surface area contributed by atoms with Gasteiger partial charge in [-0.05, 0) is 43.3 Å². The molecule has 0 unspecified atom stereocenters. The minimum absolute atomic E-state index is 0.121. The van der Waals surface area contributed by atoms with Crippen LogP contribution in [0.25, 0.3) is 0 Å². The van der Waals surface area contributed by atoms with Gasteiger partial charge in [-0.1, -0.05) is 12.1 Å². The van der Waals surface area contributed by atoms with E-state index in [1.807, 2.05) is 0 Å². The summed E-state index contributed by atoms with van der Waals surface area (Å²) in [5, 5.41) is 50.9.